The zero-order valence-electron chi connectivity index (χ0n) is 12.9. The summed E-state index contributed by atoms with van der Waals surface area (Å²) in [5.41, 5.74) is -0.153. The first kappa shape index (κ1) is 14.8. The second-order valence-electron chi connectivity index (χ2n) is 7.11. The molecule has 1 N–H and O–H groups in total. The molecular weight excluding hydrogens is 236 g/mol. The third-order valence-corrected chi connectivity index (χ3v) is 4.86. The van der Waals surface area contributed by atoms with E-state index in [1.807, 2.05) is 0 Å². The molecule has 19 heavy (non-hydrogen) atoms. The molecule has 0 bridgehead atoms. The predicted molar refractivity (Wildman–Crippen MR) is 79.0 cm³/mol. The van der Waals surface area contributed by atoms with Crippen LogP contribution >= 0.6 is 0 Å². The van der Waals surface area contributed by atoms with Crippen LogP contribution in [0.2, 0.25) is 0 Å². The summed E-state index contributed by atoms with van der Waals surface area (Å²) in [6, 6.07) is 0.517. The third kappa shape index (κ3) is 3.50. The van der Waals surface area contributed by atoms with E-state index in [1.165, 1.54) is 25.7 Å². The van der Waals surface area contributed by atoms with Gasteiger partial charge in [-0.1, -0.05) is 26.7 Å². The van der Waals surface area contributed by atoms with Gasteiger partial charge in [-0.15, -0.1) is 0 Å². The summed E-state index contributed by atoms with van der Waals surface area (Å²) in [5.74, 6) is 1.08. The summed E-state index contributed by atoms with van der Waals surface area (Å²) in [6.45, 7) is 9.44. The summed E-state index contributed by atoms with van der Waals surface area (Å²) in [4.78, 5) is 15.2. The molecule has 1 saturated heterocycles. The van der Waals surface area contributed by atoms with Crippen LogP contribution in [0.1, 0.15) is 59.3 Å². The average Bonchev–Trinajstić information content (AvgIpc) is 3.01. The quantitative estimate of drug-likeness (QED) is 0.830. The summed E-state index contributed by atoms with van der Waals surface area (Å²) in [7, 11) is 0. The van der Waals surface area contributed by atoms with Gasteiger partial charge in [-0.05, 0) is 45.1 Å². The average molecular weight is 266 g/mol. The van der Waals surface area contributed by atoms with Gasteiger partial charge in [0.2, 0.25) is 5.91 Å². The van der Waals surface area contributed by atoms with Crippen LogP contribution in [-0.4, -0.2) is 36.5 Å². The van der Waals surface area contributed by atoms with Crippen LogP contribution in [0.5, 0.6) is 0 Å². The van der Waals surface area contributed by atoms with E-state index >= 15 is 0 Å². The van der Waals surface area contributed by atoms with Crippen LogP contribution in [0.25, 0.3) is 0 Å². The maximum absolute atomic E-state index is 13.0. The van der Waals surface area contributed by atoms with Gasteiger partial charge < -0.3 is 10.2 Å². The Morgan fingerprint density at radius 3 is 2.58 bits per heavy atom. The SMILES string of the molecule is CC(C)CCN(C(=O)C1(C)CCNC1)C1CCCC1. The van der Waals surface area contributed by atoms with Crippen molar-refractivity contribution in [3.63, 3.8) is 0 Å². The molecule has 0 spiro atoms. The number of carbonyl (C=O) groups is 1. The minimum absolute atomic E-state index is 0.153. The highest BCUT2D eigenvalue weighted by Gasteiger charge is 2.41. The van der Waals surface area contributed by atoms with E-state index in [0.717, 1.165) is 32.5 Å². The Bertz CT molecular complexity index is 302. The van der Waals surface area contributed by atoms with E-state index in [0.29, 0.717) is 17.9 Å². The largest absolute Gasteiger partial charge is 0.339 e. The van der Waals surface area contributed by atoms with Gasteiger partial charge in [0.25, 0.3) is 0 Å². The lowest BCUT2D eigenvalue weighted by Crippen LogP contribution is -2.48. The monoisotopic (exact) mass is 266 g/mol. The number of carbonyl (C=O) groups excluding carboxylic acids is 1. The topological polar surface area (TPSA) is 32.3 Å². The van der Waals surface area contributed by atoms with Crippen molar-refractivity contribution in [1.29, 1.82) is 0 Å². The van der Waals surface area contributed by atoms with Crippen LogP contribution in [-0.2, 0) is 4.79 Å². The number of rotatable bonds is 5. The second-order valence-corrected chi connectivity index (χ2v) is 7.11. The molecule has 0 aromatic carbocycles. The van der Waals surface area contributed by atoms with Crippen molar-refractivity contribution < 1.29 is 4.79 Å². The molecule has 2 rings (SSSR count). The fourth-order valence-corrected chi connectivity index (χ4v) is 3.41. The molecule has 1 heterocycles. The van der Waals surface area contributed by atoms with E-state index < -0.39 is 0 Å². The molecule has 2 aliphatic rings. The van der Waals surface area contributed by atoms with Crippen LogP contribution in [0.3, 0.4) is 0 Å². The number of nitrogens with one attached hydrogen (secondary N) is 1. The Balaban J connectivity index is 2.04. The van der Waals surface area contributed by atoms with E-state index in [2.05, 4.69) is 31.0 Å². The van der Waals surface area contributed by atoms with Crippen LogP contribution in [0.4, 0.5) is 0 Å². The highest BCUT2D eigenvalue weighted by Crippen LogP contribution is 2.32. The predicted octanol–water partition coefficient (Wildman–Crippen LogP) is 2.80. The second kappa shape index (κ2) is 6.25. The lowest BCUT2D eigenvalue weighted by atomic mass is 9.87. The minimum Gasteiger partial charge on any atom is -0.339 e. The van der Waals surface area contributed by atoms with Crippen molar-refractivity contribution in [3.05, 3.63) is 0 Å². The molecule has 0 aromatic rings. The summed E-state index contributed by atoms with van der Waals surface area (Å²) in [6.07, 6.45) is 7.15. The molecule has 1 aliphatic heterocycles. The maximum Gasteiger partial charge on any atom is 0.230 e. The number of amides is 1. The van der Waals surface area contributed by atoms with Gasteiger partial charge in [-0.2, -0.15) is 0 Å². The molecule has 2 fully saturated rings. The molecule has 1 unspecified atom stereocenters. The lowest BCUT2D eigenvalue weighted by Gasteiger charge is -2.36. The molecular formula is C16H30N2O. The fraction of sp³-hybridized carbons (Fsp3) is 0.938. The van der Waals surface area contributed by atoms with E-state index in [1.54, 1.807) is 0 Å². The maximum atomic E-state index is 13.0. The number of hydrogen-bond donors (Lipinski definition) is 1. The standard InChI is InChI=1S/C16H30N2O/c1-13(2)8-11-18(14-6-4-5-7-14)15(19)16(3)9-10-17-12-16/h13-14,17H,4-12H2,1-3H3. The molecule has 1 saturated carbocycles. The Kier molecular flexibility index (Phi) is 4.88. The van der Waals surface area contributed by atoms with E-state index in [-0.39, 0.29) is 5.41 Å². The molecule has 3 heteroatoms. The fourth-order valence-electron chi connectivity index (χ4n) is 3.41. The number of nitrogens with zero attached hydrogens (tertiary/aromatic N) is 1. The Hall–Kier alpha value is -0.570. The van der Waals surface area contributed by atoms with Gasteiger partial charge in [0.05, 0.1) is 5.41 Å². The van der Waals surface area contributed by atoms with Gasteiger partial charge in [0.15, 0.2) is 0 Å². The molecule has 1 atom stereocenters. The van der Waals surface area contributed by atoms with Crippen molar-refractivity contribution in [2.24, 2.45) is 11.3 Å². The zero-order valence-corrected chi connectivity index (χ0v) is 12.9. The number of hydrogen-bond acceptors (Lipinski definition) is 2. The first-order valence-electron chi connectivity index (χ1n) is 8.05. The summed E-state index contributed by atoms with van der Waals surface area (Å²) < 4.78 is 0. The van der Waals surface area contributed by atoms with Crippen LogP contribution in [0, 0.1) is 11.3 Å². The smallest absolute Gasteiger partial charge is 0.230 e. The van der Waals surface area contributed by atoms with Gasteiger partial charge in [-0.25, -0.2) is 0 Å². The van der Waals surface area contributed by atoms with Crippen molar-refractivity contribution in [2.75, 3.05) is 19.6 Å². The lowest BCUT2D eigenvalue weighted by molar-refractivity contribution is -0.142. The van der Waals surface area contributed by atoms with Crippen molar-refractivity contribution in [2.45, 2.75) is 65.3 Å². The van der Waals surface area contributed by atoms with Gasteiger partial charge in [-0.3, -0.25) is 4.79 Å². The Morgan fingerprint density at radius 1 is 1.37 bits per heavy atom. The Labute approximate surface area is 118 Å². The normalized spacial score (nSPS) is 28.2. The first-order chi connectivity index (χ1) is 9.03. The molecule has 3 nitrogen and oxygen atoms in total. The van der Waals surface area contributed by atoms with Crippen molar-refractivity contribution in [3.8, 4) is 0 Å². The van der Waals surface area contributed by atoms with Crippen molar-refractivity contribution in [1.82, 2.24) is 10.2 Å². The summed E-state index contributed by atoms with van der Waals surface area (Å²) >= 11 is 0. The molecule has 0 aromatic heterocycles. The molecule has 0 radical (unpaired) electrons. The van der Waals surface area contributed by atoms with E-state index in [9.17, 15) is 4.79 Å². The van der Waals surface area contributed by atoms with Crippen molar-refractivity contribution >= 4 is 5.91 Å². The highest BCUT2D eigenvalue weighted by molar-refractivity contribution is 5.83. The minimum atomic E-state index is -0.153. The third-order valence-electron chi connectivity index (χ3n) is 4.86. The Morgan fingerprint density at radius 2 is 2.05 bits per heavy atom. The van der Waals surface area contributed by atoms with Gasteiger partial charge >= 0.3 is 0 Å². The van der Waals surface area contributed by atoms with Gasteiger partial charge in [0, 0.05) is 19.1 Å². The van der Waals surface area contributed by atoms with E-state index in [4.69, 9.17) is 0 Å². The summed E-state index contributed by atoms with van der Waals surface area (Å²) in [5, 5.41) is 3.36. The highest BCUT2D eigenvalue weighted by atomic mass is 16.2. The van der Waals surface area contributed by atoms with Crippen LogP contribution < -0.4 is 5.32 Å². The van der Waals surface area contributed by atoms with Gasteiger partial charge in [0.1, 0.15) is 0 Å². The first-order valence-corrected chi connectivity index (χ1v) is 8.05. The molecule has 110 valence electrons. The molecule has 1 amide bonds. The zero-order chi connectivity index (χ0) is 13.9. The molecule has 1 aliphatic carbocycles. The van der Waals surface area contributed by atoms with Crippen LogP contribution in [0.15, 0.2) is 0 Å².